The minimum atomic E-state index is -0.177. The Morgan fingerprint density at radius 2 is 2.19 bits per heavy atom. The Labute approximate surface area is 97.2 Å². The van der Waals surface area contributed by atoms with Crippen molar-refractivity contribution in [2.24, 2.45) is 0 Å². The predicted octanol–water partition coefficient (Wildman–Crippen LogP) is 1.71. The maximum atomic E-state index is 11.3. The highest BCUT2D eigenvalue weighted by Gasteiger charge is 2.24. The van der Waals surface area contributed by atoms with Crippen LogP contribution in [0.25, 0.3) is 0 Å². The monoisotopic (exact) mass is 224 g/mol. The number of hydrogen-bond acceptors (Lipinski definition) is 4. The average molecular weight is 224 g/mol. The molecule has 0 atom stereocenters. The van der Waals surface area contributed by atoms with Gasteiger partial charge in [-0.1, -0.05) is 12.8 Å². The SMILES string of the molecule is COC(=O)CN(CCCC#N)C1CCCC1. The van der Waals surface area contributed by atoms with Crippen LogP contribution in [0.4, 0.5) is 0 Å². The third-order valence-electron chi connectivity index (χ3n) is 3.13. The first-order valence-electron chi connectivity index (χ1n) is 5.95. The van der Waals surface area contributed by atoms with Crippen LogP contribution >= 0.6 is 0 Å². The van der Waals surface area contributed by atoms with E-state index in [1.807, 2.05) is 0 Å². The molecule has 0 amide bonds. The van der Waals surface area contributed by atoms with Crippen molar-refractivity contribution in [3.05, 3.63) is 0 Å². The second kappa shape index (κ2) is 7.24. The van der Waals surface area contributed by atoms with Gasteiger partial charge in [0.1, 0.15) is 0 Å². The number of ether oxygens (including phenoxy) is 1. The summed E-state index contributed by atoms with van der Waals surface area (Å²) in [7, 11) is 1.42. The summed E-state index contributed by atoms with van der Waals surface area (Å²) in [5.74, 6) is -0.177. The highest BCUT2D eigenvalue weighted by molar-refractivity contribution is 5.71. The first kappa shape index (κ1) is 13.0. The lowest BCUT2D eigenvalue weighted by molar-refractivity contribution is -0.142. The number of nitriles is 1. The summed E-state index contributed by atoms with van der Waals surface area (Å²) in [5, 5.41) is 8.51. The molecule has 0 unspecified atom stereocenters. The molecule has 0 heterocycles. The van der Waals surface area contributed by atoms with Gasteiger partial charge in [0.25, 0.3) is 0 Å². The van der Waals surface area contributed by atoms with Gasteiger partial charge in [-0.15, -0.1) is 0 Å². The molecule has 1 aliphatic rings. The lowest BCUT2D eigenvalue weighted by atomic mass is 10.2. The van der Waals surface area contributed by atoms with Crippen molar-refractivity contribution in [3.8, 4) is 6.07 Å². The van der Waals surface area contributed by atoms with Crippen molar-refractivity contribution in [1.82, 2.24) is 4.90 Å². The van der Waals surface area contributed by atoms with Crippen molar-refractivity contribution in [3.63, 3.8) is 0 Å². The molecule has 90 valence electrons. The molecule has 0 aromatic rings. The minimum Gasteiger partial charge on any atom is -0.468 e. The molecular formula is C12H20N2O2. The maximum Gasteiger partial charge on any atom is 0.319 e. The van der Waals surface area contributed by atoms with E-state index in [9.17, 15) is 4.79 Å². The summed E-state index contributed by atoms with van der Waals surface area (Å²) in [5.41, 5.74) is 0. The summed E-state index contributed by atoms with van der Waals surface area (Å²) < 4.78 is 4.70. The fourth-order valence-electron chi connectivity index (χ4n) is 2.25. The van der Waals surface area contributed by atoms with Gasteiger partial charge in [0, 0.05) is 19.0 Å². The zero-order chi connectivity index (χ0) is 11.8. The summed E-state index contributed by atoms with van der Waals surface area (Å²) >= 11 is 0. The van der Waals surface area contributed by atoms with Crippen LogP contribution in [0.2, 0.25) is 0 Å². The number of carbonyl (C=O) groups is 1. The number of esters is 1. The van der Waals surface area contributed by atoms with E-state index in [-0.39, 0.29) is 5.97 Å². The minimum absolute atomic E-state index is 0.177. The molecule has 1 fully saturated rings. The predicted molar refractivity (Wildman–Crippen MR) is 60.7 cm³/mol. The van der Waals surface area contributed by atoms with Crippen LogP contribution in [0.1, 0.15) is 38.5 Å². The van der Waals surface area contributed by atoms with E-state index >= 15 is 0 Å². The Bertz CT molecular complexity index is 254. The zero-order valence-electron chi connectivity index (χ0n) is 9.95. The third-order valence-corrected chi connectivity index (χ3v) is 3.13. The summed E-state index contributed by atoms with van der Waals surface area (Å²) in [6.07, 6.45) is 6.24. The van der Waals surface area contributed by atoms with Crippen molar-refractivity contribution < 1.29 is 9.53 Å². The van der Waals surface area contributed by atoms with Gasteiger partial charge < -0.3 is 4.74 Å². The first-order chi connectivity index (χ1) is 7.77. The molecule has 1 rings (SSSR count). The number of nitrogens with zero attached hydrogens (tertiary/aromatic N) is 2. The molecule has 0 aromatic carbocycles. The van der Waals surface area contributed by atoms with Crippen LogP contribution in [0.15, 0.2) is 0 Å². The largest absolute Gasteiger partial charge is 0.468 e. The van der Waals surface area contributed by atoms with E-state index in [2.05, 4.69) is 11.0 Å². The third kappa shape index (κ3) is 4.19. The number of unbranched alkanes of at least 4 members (excludes halogenated alkanes) is 1. The Hall–Kier alpha value is -1.08. The van der Waals surface area contributed by atoms with Gasteiger partial charge in [-0.05, 0) is 19.3 Å². The van der Waals surface area contributed by atoms with E-state index in [4.69, 9.17) is 10.00 Å². The number of hydrogen-bond donors (Lipinski definition) is 0. The van der Waals surface area contributed by atoms with Crippen LogP contribution < -0.4 is 0 Å². The van der Waals surface area contributed by atoms with Crippen LogP contribution in [0.5, 0.6) is 0 Å². The number of methoxy groups -OCH3 is 1. The normalized spacial score (nSPS) is 16.3. The molecule has 4 heteroatoms. The second-order valence-electron chi connectivity index (χ2n) is 4.25. The highest BCUT2D eigenvalue weighted by Crippen LogP contribution is 2.23. The van der Waals surface area contributed by atoms with E-state index in [0.717, 1.165) is 13.0 Å². The Morgan fingerprint density at radius 3 is 2.75 bits per heavy atom. The Balaban J connectivity index is 2.40. The van der Waals surface area contributed by atoms with Gasteiger partial charge in [-0.25, -0.2) is 0 Å². The van der Waals surface area contributed by atoms with E-state index in [1.54, 1.807) is 0 Å². The molecule has 0 aromatic heterocycles. The molecule has 0 spiro atoms. The van der Waals surface area contributed by atoms with Crippen molar-refractivity contribution in [2.75, 3.05) is 20.2 Å². The summed E-state index contributed by atoms with van der Waals surface area (Å²) in [4.78, 5) is 13.5. The van der Waals surface area contributed by atoms with Crippen LogP contribution in [0.3, 0.4) is 0 Å². The fourth-order valence-corrected chi connectivity index (χ4v) is 2.25. The van der Waals surface area contributed by atoms with Crippen LogP contribution in [-0.2, 0) is 9.53 Å². The van der Waals surface area contributed by atoms with Gasteiger partial charge >= 0.3 is 5.97 Å². The second-order valence-corrected chi connectivity index (χ2v) is 4.25. The molecule has 0 bridgehead atoms. The molecule has 16 heavy (non-hydrogen) atoms. The molecule has 1 aliphatic carbocycles. The summed E-state index contributed by atoms with van der Waals surface area (Å²) in [6, 6.07) is 2.65. The van der Waals surface area contributed by atoms with Gasteiger partial charge in [0.15, 0.2) is 0 Å². The quantitative estimate of drug-likeness (QED) is 0.509. The number of rotatable bonds is 6. The van der Waals surface area contributed by atoms with Gasteiger partial charge in [0.05, 0.1) is 19.7 Å². The van der Waals surface area contributed by atoms with Gasteiger partial charge in [-0.3, -0.25) is 9.69 Å². The van der Waals surface area contributed by atoms with Gasteiger partial charge in [0.2, 0.25) is 0 Å². The lowest BCUT2D eigenvalue weighted by Crippen LogP contribution is -2.38. The Kier molecular flexibility index (Phi) is 5.87. The standard InChI is InChI=1S/C12H20N2O2/c1-16-12(15)10-14(9-5-4-8-13)11-6-2-3-7-11/h11H,2-7,9-10H2,1H3. The number of carbonyl (C=O) groups excluding carboxylic acids is 1. The molecule has 4 nitrogen and oxygen atoms in total. The van der Waals surface area contributed by atoms with E-state index in [1.165, 1.54) is 32.8 Å². The molecule has 0 aliphatic heterocycles. The van der Waals surface area contributed by atoms with Crippen LogP contribution in [-0.4, -0.2) is 37.1 Å². The van der Waals surface area contributed by atoms with Crippen molar-refractivity contribution in [2.45, 2.75) is 44.6 Å². The topological polar surface area (TPSA) is 53.3 Å². The van der Waals surface area contributed by atoms with Crippen LogP contribution in [0, 0.1) is 11.3 Å². The Morgan fingerprint density at radius 1 is 1.50 bits per heavy atom. The highest BCUT2D eigenvalue weighted by atomic mass is 16.5. The first-order valence-corrected chi connectivity index (χ1v) is 5.95. The average Bonchev–Trinajstić information content (AvgIpc) is 2.81. The smallest absolute Gasteiger partial charge is 0.319 e. The van der Waals surface area contributed by atoms with Crippen molar-refractivity contribution in [1.29, 1.82) is 5.26 Å². The van der Waals surface area contributed by atoms with Gasteiger partial charge in [-0.2, -0.15) is 5.26 Å². The van der Waals surface area contributed by atoms with Crippen molar-refractivity contribution >= 4 is 5.97 Å². The molecule has 1 saturated carbocycles. The van der Waals surface area contributed by atoms with E-state index in [0.29, 0.717) is 19.0 Å². The fraction of sp³-hybridized carbons (Fsp3) is 0.833. The maximum absolute atomic E-state index is 11.3. The molecular weight excluding hydrogens is 204 g/mol. The molecule has 0 radical (unpaired) electrons. The van der Waals surface area contributed by atoms with E-state index < -0.39 is 0 Å². The zero-order valence-corrected chi connectivity index (χ0v) is 9.95. The molecule has 0 N–H and O–H groups in total. The summed E-state index contributed by atoms with van der Waals surface area (Å²) in [6.45, 7) is 1.19. The lowest BCUT2D eigenvalue weighted by Gasteiger charge is -2.27. The molecule has 0 saturated heterocycles.